The minimum atomic E-state index is -0.490. The molecule has 2 aliphatic rings. The third-order valence-corrected chi connectivity index (χ3v) is 5.88. The van der Waals surface area contributed by atoms with Crippen molar-refractivity contribution in [3.63, 3.8) is 0 Å². The average molecular weight is 423 g/mol. The Bertz CT molecular complexity index is 967. The summed E-state index contributed by atoms with van der Waals surface area (Å²) in [5.41, 5.74) is 5.41. The molecule has 4 rings (SSSR count). The largest absolute Gasteiger partial charge is 0.493 e. The van der Waals surface area contributed by atoms with Crippen molar-refractivity contribution in [3.05, 3.63) is 58.7 Å². The van der Waals surface area contributed by atoms with Crippen molar-refractivity contribution in [2.45, 2.75) is 26.8 Å². The van der Waals surface area contributed by atoms with Crippen molar-refractivity contribution in [1.82, 2.24) is 15.1 Å². The predicted octanol–water partition coefficient (Wildman–Crippen LogP) is 2.70. The average Bonchev–Trinajstić information content (AvgIpc) is 3.19. The Kier molecular flexibility index (Phi) is 6.53. The zero-order valence-corrected chi connectivity index (χ0v) is 18.2. The minimum Gasteiger partial charge on any atom is -0.493 e. The van der Waals surface area contributed by atoms with Crippen molar-refractivity contribution in [1.29, 1.82) is 0 Å². The van der Waals surface area contributed by atoms with Crippen LogP contribution in [0.5, 0.6) is 5.75 Å². The second-order valence-corrected chi connectivity index (χ2v) is 8.41. The van der Waals surface area contributed by atoms with Gasteiger partial charge in [-0.15, -0.1) is 0 Å². The van der Waals surface area contributed by atoms with E-state index >= 15 is 0 Å². The van der Waals surface area contributed by atoms with E-state index in [1.807, 2.05) is 32.0 Å². The van der Waals surface area contributed by atoms with Crippen LogP contribution in [-0.2, 0) is 17.8 Å². The maximum Gasteiger partial charge on any atom is 0.325 e. The fourth-order valence-corrected chi connectivity index (χ4v) is 4.18. The number of anilines is 1. The number of carbonyl (C=O) groups excluding carboxylic acids is 2. The van der Waals surface area contributed by atoms with Gasteiger partial charge in [0.05, 0.1) is 13.2 Å². The van der Waals surface area contributed by atoms with Gasteiger partial charge in [0.25, 0.3) is 0 Å². The van der Waals surface area contributed by atoms with Crippen LogP contribution in [0.25, 0.3) is 0 Å². The molecule has 0 spiro atoms. The number of piperazine rings is 1. The van der Waals surface area contributed by atoms with Gasteiger partial charge >= 0.3 is 6.03 Å². The molecule has 31 heavy (non-hydrogen) atoms. The first-order chi connectivity index (χ1) is 15.0. The molecule has 0 saturated carbocycles. The predicted molar refractivity (Wildman–Crippen MR) is 120 cm³/mol. The van der Waals surface area contributed by atoms with Gasteiger partial charge in [-0.05, 0) is 42.7 Å². The zero-order chi connectivity index (χ0) is 21.8. The van der Waals surface area contributed by atoms with E-state index in [1.54, 1.807) is 0 Å². The third-order valence-electron chi connectivity index (χ3n) is 5.88. The van der Waals surface area contributed by atoms with Crippen molar-refractivity contribution >= 4 is 17.6 Å². The molecule has 164 valence electrons. The van der Waals surface area contributed by atoms with Gasteiger partial charge in [-0.3, -0.25) is 19.9 Å². The summed E-state index contributed by atoms with van der Waals surface area (Å²) in [4.78, 5) is 28.9. The molecule has 0 aliphatic carbocycles. The number of aryl methyl sites for hydroxylation is 2. The Labute approximate surface area is 183 Å². The highest BCUT2D eigenvalue weighted by Gasteiger charge is 2.21. The number of urea groups is 1. The lowest BCUT2D eigenvalue weighted by atomic mass is 10.1. The number of benzene rings is 2. The van der Waals surface area contributed by atoms with E-state index in [2.05, 4.69) is 38.6 Å². The molecular formula is C24H30N4O3. The van der Waals surface area contributed by atoms with Gasteiger partial charge in [0.15, 0.2) is 0 Å². The van der Waals surface area contributed by atoms with Crippen molar-refractivity contribution in [3.8, 4) is 5.75 Å². The topological polar surface area (TPSA) is 73.9 Å². The summed E-state index contributed by atoms with van der Waals surface area (Å²) in [5, 5.41) is 5.19. The van der Waals surface area contributed by atoms with Gasteiger partial charge in [0, 0.05) is 44.8 Å². The summed E-state index contributed by atoms with van der Waals surface area (Å²) in [6.07, 6.45) is 0.989. The van der Waals surface area contributed by atoms with Crippen LogP contribution < -0.4 is 15.4 Å². The van der Waals surface area contributed by atoms with E-state index in [0.717, 1.165) is 62.6 Å². The molecule has 0 unspecified atom stereocenters. The second kappa shape index (κ2) is 9.49. The molecule has 2 N–H and O–H groups in total. The smallest absolute Gasteiger partial charge is 0.325 e. The van der Waals surface area contributed by atoms with Crippen LogP contribution in [0, 0.1) is 13.8 Å². The molecule has 3 amide bonds. The third kappa shape index (κ3) is 5.62. The maximum absolute atomic E-state index is 12.3. The van der Waals surface area contributed by atoms with E-state index in [0.29, 0.717) is 5.69 Å². The van der Waals surface area contributed by atoms with E-state index in [-0.39, 0.29) is 12.5 Å². The number of ether oxygens (including phenoxy) is 1. The fourth-order valence-electron chi connectivity index (χ4n) is 4.18. The van der Waals surface area contributed by atoms with Gasteiger partial charge in [-0.1, -0.05) is 29.8 Å². The van der Waals surface area contributed by atoms with Gasteiger partial charge in [-0.25, -0.2) is 4.79 Å². The van der Waals surface area contributed by atoms with Crippen molar-refractivity contribution in [2.24, 2.45) is 0 Å². The number of imide groups is 1. The summed E-state index contributed by atoms with van der Waals surface area (Å²) in [7, 11) is 0. The lowest BCUT2D eigenvalue weighted by Crippen LogP contribution is -2.50. The SMILES string of the molecule is Cc1ccc(NC(=O)NC(=O)CN2CCN(Cc3ccc4c(c3)CCO4)CC2)c(C)c1. The molecule has 0 radical (unpaired) electrons. The summed E-state index contributed by atoms with van der Waals surface area (Å²) < 4.78 is 5.58. The molecule has 0 bridgehead atoms. The number of carbonyl (C=O) groups is 2. The number of amides is 3. The fraction of sp³-hybridized carbons (Fsp3) is 0.417. The normalized spacial score (nSPS) is 16.5. The summed E-state index contributed by atoms with van der Waals surface area (Å²) in [5.74, 6) is 0.732. The van der Waals surface area contributed by atoms with Crippen molar-refractivity contribution < 1.29 is 14.3 Å². The Balaban J connectivity index is 1.19. The van der Waals surface area contributed by atoms with Crippen LogP contribution in [0.2, 0.25) is 0 Å². The maximum atomic E-state index is 12.3. The molecule has 0 aromatic heterocycles. The monoisotopic (exact) mass is 422 g/mol. The summed E-state index contributed by atoms with van der Waals surface area (Å²) in [6, 6.07) is 11.7. The first kappa shape index (κ1) is 21.3. The molecule has 2 aromatic carbocycles. The van der Waals surface area contributed by atoms with E-state index in [9.17, 15) is 9.59 Å². The van der Waals surface area contributed by atoms with Crippen LogP contribution in [0.1, 0.15) is 22.3 Å². The Hall–Kier alpha value is -2.90. The van der Waals surface area contributed by atoms with Gasteiger partial charge < -0.3 is 10.1 Å². The summed E-state index contributed by atoms with van der Waals surface area (Å²) >= 11 is 0. The number of nitrogens with zero attached hydrogens (tertiary/aromatic N) is 2. The van der Waals surface area contributed by atoms with E-state index in [4.69, 9.17) is 4.74 Å². The van der Waals surface area contributed by atoms with Crippen LogP contribution >= 0.6 is 0 Å². The highest BCUT2D eigenvalue weighted by atomic mass is 16.5. The lowest BCUT2D eigenvalue weighted by Gasteiger charge is -2.34. The minimum absolute atomic E-state index is 0.227. The van der Waals surface area contributed by atoms with Crippen molar-refractivity contribution in [2.75, 3.05) is 44.6 Å². The van der Waals surface area contributed by atoms with Gasteiger partial charge in [0.2, 0.25) is 5.91 Å². The highest BCUT2D eigenvalue weighted by molar-refractivity contribution is 6.02. The second-order valence-electron chi connectivity index (χ2n) is 8.41. The van der Waals surface area contributed by atoms with Gasteiger partial charge in [-0.2, -0.15) is 0 Å². The molecule has 0 atom stereocenters. The number of nitrogens with one attached hydrogen (secondary N) is 2. The van der Waals surface area contributed by atoms with Gasteiger partial charge in [0.1, 0.15) is 5.75 Å². The molecule has 1 saturated heterocycles. The van der Waals surface area contributed by atoms with Crippen LogP contribution in [-0.4, -0.2) is 61.1 Å². The molecule has 2 heterocycles. The molecule has 7 heteroatoms. The summed E-state index contributed by atoms with van der Waals surface area (Å²) in [6.45, 7) is 9.25. The lowest BCUT2D eigenvalue weighted by molar-refractivity contribution is -0.121. The molecule has 2 aromatic rings. The number of fused-ring (bicyclic) bond motifs is 1. The number of hydrogen-bond donors (Lipinski definition) is 2. The number of rotatable bonds is 5. The van der Waals surface area contributed by atoms with E-state index in [1.165, 1.54) is 11.1 Å². The first-order valence-electron chi connectivity index (χ1n) is 10.8. The molecular weight excluding hydrogens is 392 g/mol. The molecule has 7 nitrogen and oxygen atoms in total. The Morgan fingerprint density at radius 3 is 2.55 bits per heavy atom. The quantitative estimate of drug-likeness (QED) is 0.775. The molecule has 2 aliphatic heterocycles. The molecule has 1 fully saturated rings. The van der Waals surface area contributed by atoms with Crippen LogP contribution in [0.4, 0.5) is 10.5 Å². The zero-order valence-electron chi connectivity index (χ0n) is 18.2. The highest BCUT2D eigenvalue weighted by Crippen LogP contribution is 2.26. The first-order valence-corrected chi connectivity index (χ1v) is 10.8. The van der Waals surface area contributed by atoms with Crippen LogP contribution in [0.3, 0.4) is 0 Å². The Morgan fingerprint density at radius 2 is 1.77 bits per heavy atom. The Morgan fingerprint density at radius 1 is 1.00 bits per heavy atom. The standard InChI is InChI=1S/C24H30N4O3/c1-17-3-5-21(18(2)13-17)25-24(30)26-23(29)16-28-10-8-27(9-11-28)15-19-4-6-22-20(14-19)7-12-31-22/h3-6,13-14H,7-12,15-16H2,1-2H3,(H2,25,26,29,30). The number of hydrogen-bond acceptors (Lipinski definition) is 5. The van der Waals surface area contributed by atoms with Crippen LogP contribution in [0.15, 0.2) is 36.4 Å². The van der Waals surface area contributed by atoms with E-state index < -0.39 is 6.03 Å².